The molecule has 1 saturated carbocycles. The van der Waals surface area contributed by atoms with Crippen molar-refractivity contribution in [2.75, 3.05) is 6.54 Å². The molecule has 1 N–H and O–H groups in total. The van der Waals surface area contributed by atoms with E-state index >= 15 is 0 Å². The Bertz CT molecular complexity index is 310. The quantitative estimate of drug-likeness (QED) is 0.623. The third kappa shape index (κ3) is 4.41. The summed E-state index contributed by atoms with van der Waals surface area (Å²) in [5.41, 5.74) is 0. The average molecular weight is 250 g/mol. The fourth-order valence-corrected chi connectivity index (χ4v) is 2.89. The fraction of sp³-hybridized carbons (Fsp3) is 0.857. The molecule has 1 aromatic heterocycles. The summed E-state index contributed by atoms with van der Waals surface area (Å²) < 4.78 is 1.90. The Hall–Kier alpha value is -0.900. The minimum atomic E-state index is 0.747. The Morgan fingerprint density at radius 1 is 1.28 bits per heavy atom. The van der Waals surface area contributed by atoms with Gasteiger partial charge in [-0.2, -0.15) is 0 Å². The molecule has 1 heterocycles. The Morgan fingerprint density at radius 2 is 2.22 bits per heavy atom. The third-order valence-corrected chi connectivity index (χ3v) is 4.13. The number of rotatable bonds is 6. The van der Waals surface area contributed by atoms with Gasteiger partial charge in [-0.3, -0.25) is 4.68 Å². The summed E-state index contributed by atoms with van der Waals surface area (Å²) in [5, 5.41) is 11.5. The van der Waals surface area contributed by atoms with E-state index in [0.717, 1.165) is 31.5 Å². The van der Waals surface area contributed by atoms with Gasteiger partial charge >= 0.3 is 0 Å². The summed E-state index contributed by atoms with van der Waals surface area (Å²) in [4.78, 5) is 0. The molecule has 2 atom stereocenters. The second-order valence-electron chi connectivity index (χ2n) is 5.45. The first-order chi connectivity index (χ1) is 8.88. The normalized spacial score (nSPS) is 24.9. The van der Waals surface area contributed by atoms with Crippen LogP contribution >= 0.6 is 0 Å². The van der Waals surface area contributed by atoms with Crippen LogP contribution in [0.3, 0.4) is 0 Å². The zero-order valence-electron chi connectivity index (χ0n) is 11.5. The first-order valence-electron chi connectivity index (χ1n) is 7.46. The maximum absolute atomic E-state index is 3.98. The molecule has 1 aliphatic carbocycles. The highest BCUT2D eigenvalue weighted by atomic mass is 15.4. The summed E-state index contributed by atoms with van der Waals surface area (Å²) >= 11 is 0. The molecule has 0 aromatic carbocycles. The van der Waals surface area contributed by atoms with Gasteiger partial charge < -0.3 is 5.32 Å². The zero-order chi connectivity index (χ0) is 12.6. The van der Waals surface area contributed by atoms with Crippen molar-refractivity contribution in [3.05, 3.63) is 12.4 Å². The van der Waals surface area contributed by atoms with E-state index in [0.29, 0.717) is 0 Å². The lowest BCUT2D eigenvalue weighted by molar-refractivity contribution is 0.417. The van der Waals surface area contributed by atoms with Crippen molar-refractivity contribution in [2.45, 2.75) is 64.5 Å². The van der Waals surface area contributed by atoms with Gasteiger partial charge in [0, 0.05) is 18.8 Å². The van der Waals surface area contributed by atoms with Gasteiger partial charge in [0.1, 0.15) is 0 Å². The van der Waals surface area contributed by atoms with Crippen LogP contribution in [0.1, 0.15) is 51.9 Å². The van der Waals surface area contributed by atoms with E-state index in [1.54, 1.807) is 6.20 Å². The van der Waals surface area contributed by atoms with Gasteiger partial charge in [0.15, 0.2) is 0 Å². The summed E-state index contributed by atoms with van der Waals surface area (Å²) in [6, 6.07) is 0.747. The van der Waals surface area contributed by atoms with E-state index in [9.17, 15) is 0 Å². The Labute approximate surface area is 110 Å². The Morgan fingerprint density at radius 3 is 3.00 bits per heavy atom. The average Bonchev–Trinajstić information content (AvgIpc) is 2.80. The molecule has 18 heavy (non-hydrogen) atoms. The van der Waals surface area contributed by atoms with E-state index in [1.807, 2.05) is 10.9 Å². The van der Waals surface area contributed by atoms with Crippen LogP contribution in [0.5, 0.6) is 0 Å². The molecule has 2 rings (SSSR count). The van der Waals surface area contributed by atoms with Gasteiger partial charge in [-0.15, -0.1) is 5.10 Å². The summed E-state index contributed by atoms with van der Waals surface area (Å²) in [6.07, 6.45) is 13.1. The molecule has 0 bridgehead atoms. The van der Waals surface area contributed by atoms with Gasteiger partial charge in [0.05, 0.1) is 6.20 Å². The van der Waals surface area contributed by atoms with Crippen molar-refractivity contribution < 1.29 is 0 Å². The maximum Gasteiger partial charge on any atom is 0.0692 e. The largest absolute Gasteiger partial charge is 0.314 e. The number of aryl methyl sites for hydroxylation is 1. The highest BCUT2D eigenvalue weighted by Crippen LogP contribution is 2.25. The fourth-order valence-electron chi connectivity index (χ4n) is 2.89. The highest BCUT2D eigenvalue weighted by Gasteiger charge is 2.16. The number of aromatic nitrogens is 3. The molecular formula is C14H26N4. The van der Waals surface area contributed by atoms with Crippen LogP contribution < -0.4 is 5.32 Å². The number of hydrogen-bond donors (Lipinski definition) is 1. The SMILES string of the molecule is CCC1CCCC(NCCCn2ccnn2)CC1. The predicted octanol–water partition coefficient (Wildman–Crippen LogP) is 2.62. The molecule has 0 radical (unpaired) electrons. The molecule has 102 valence electrons. The number of nitrogens with zero attached hydrogens (tertiary/aromatic N) is 3. The first-order valence-corrected chi connectivity index (χ1v) is 7.46. The van der Waals surface area contributed by atoms with Gasteiger partial charge in [-0.05, 0) is 38.1 Å². The van der Waals surface area contributed by atoms with Gasteiger partial charge in [-0.25, -0.2) is 0 Å². The van der Waals surface area contributed by atoms with Crippen LogP contribution in [0, 0.1) is 5.92 Å². The lowest BCUT2D eigenvalue weighted by Gasteiger charge is -2.16. The van der Waals surface area contributed by atoms with Crippen LogP contribution in [0.15, 0.2) is 12.4 Å². The van der Waals surface area contributed by atoms with Gasteiger partial charge in [0.25, 0.3) is 0 Å². The molecule has 0 saturated heterocycles. The maximum atomic E-state index is 3.98. The smallest absolute Gasteiger partial charge is 0.0692 e. The third-order valence-electron chi connectivity index (χ3n) is 4.13. The molecule has 0 aliphatic heterocycles. The summed E-state index contributed by atoms with van der Waals surface area (Å²) in [7, 11) is 0. The second kappa shape index (κ2) is 7.52. The van der Waals surface area contributed by atoms with E-state index in [1.165, 1.54) is 38.5 Å². The predicted molar refractivity (Wildman–Crippen MR) is 73.3 cm³/mol. The lowest BCUT2D eigenvalue weighted by atomic mass is 9.98. The Kier molecular flexibility index (Phi) is 5.65. The van der Waals surface area contributed by atoms with E-state index in [-0.39, 0.29) is 0 Å². The monoisotopic (exact) mass is 250 g/mol. The minimum Gasteiger partial charge on any atom is -0.314 e. The molecule has 4 nitrogen and oxygen atoms in total. The molecule has 1 fully saturated rings. The standard InChI is InChI=1S/C14H26N4/c1-2-13-5-3-6-14(8-7-13)15-9-4-11-18-12-10-16-17-18/h10,12-15H,2-9,11H2,1H3. The molecule has 0 spiro atoms. The van der Waals surface area contributed by atoms with Crippen LogP contribution in [0.4, 0.5) is 0 Å². The first kappa shape index (κ1) is 13.5. The van der Waals surface area contributed by atoms with E-state index in [2.05, 4.69) is 22.6 Å². The van der Waals surface area contributed by atoms with Crippen molar-refractivity contribution in [1.82, 2.24) is 20.3 Å². The summed E-state index contributed by atoms with van der Waals surface area (Å²) in [6.45, 7) is 4.40. The highest BCUT2D eigenvalue weighted by molar-refractivity contribution is 4.74. The zero-order valence-corrected chi connectivity index (χ0v) is 11.5. The second-order valence-corrected chi connectivity index (χ2v) is 5.45. The van der Waals surface area contributed by atoms with E-state index < -0.39 is 0 Å². The molecular weight excluding hydrogens is 224 g/mol. The topological polar surface area (TPSA) is 42.7 Å². The lowest BCUT2D eigenvalue weighted by Crippen LogP contribution is -2.30. The van der Waals surface area contributed by atoms with E-state index in [4.69, 9.17) is 0 Å². The molecule has 4 heteroatoms. The van der Waals surface area contributed by atoms with Crippen LogP contribution in [-0.4, -0.2) is 27.6 Å². The van der Waals surface area contributed by atoms with Gasteiger partial charge in [-0.1, -0.05) is 31.4 Å². The minimum absolute atomic E-state index is 0.747. The van der Waals surface area contributed by atoms with Crippen molar-refractivity contribution in [3.63, 3.8) is 0 Å². The number of nitrogens with one attached hydrogen (secondary N) is 1. The van der Waals surface area contributed by atoms with Crippen molar-refractivity contribution >= 4 is 0 Å². The molecule has 1 aromatic rings. The van der Waals surface area contributed by atoms with Crippen molar-refractivity contribution in [1.29, 1.82) is 0 Å². The van der Waals surface area contributed by atoms with Gasteiger partial charge in [0.2, 0.25) is 0 Å². The van der Waals surface area contributed by atoms with Crippen LogP contribution in [-0.2, 0) is 6.54 Å². The number of hydrogen-bond acceptors (Lipinski definition) is 3. The Balaban J connectivity index is 1.58. The summed E-state index contributed by atoms with van der Waals surface area (Å²) in [5.74, 6) is 0.979. The van der Waals surface area contributed by atoms with Crippen molar-refractivity contribution in [3.8, 4) is 0 Å². The van der Waals surface area contributed by atoms with Crippen LogP contribution in [0.25, 0.3) is 0 Å². The van der Waals surface area contributed by atoms with Crippen molar-refractivity contribution in [2.24, 2.45) is 5.92 Å². The van der Waals surface area contributed by atoms with Crippen LogP contribution in [0.2, 0.25) is 0 Å². The molecule has 2 unspecified atom stereocenters. The molecule has 1 aliphatic rings. The molecule has 0 amide bonds.